The molecule has 1 atom stereocenters. The number of fused-ring (bicyclic) bond motifs is 1. The first kappa shape index (κ1) is 13.0. The summed E-state index contributed by atoms with van der Waals surface area (Å²) in [5.74, 6) is 0. The number of para-hydroxylation sites is 1. The van der Waals surface area contributed by atoms with Gasteiger partial charge >= 0.3 is 0 Å². The summed E-state index contributed by atoms with van der Waals surface area (Å²) in [6, 6.07) is 9.72. The zero-order valence-electron chi connectivity index (χ0n) is 10.7. The molecule has 0 aliphatic heterocycles. The van der Waals surface area contributed by atoms with E-state index in [9.17, 15) is 4.39 Å². The van der Waals surface area contributed by atoms with Crippen LogP contribution in [0.3, 0.4) is 0 Å². The highest BCUT2D eigenvalue weighted by molar-refractivity contribution is 5.81. The standard InChI is InChI=1S/C15H19FN2/c1-2-8-15(16,11-17)10-12-7-9-18-14-6-4-3-5-13(12)14/h3-7,9H,2,8,10-11,17H2,1H3. The zero-order chi connectivity index (χ0) is 13.0. The van der Waals surface area contributed by atoms with Crippen molar-refractivity contribution < 1.29 is 4.39 Å². The quantitative estimate of drug-likeness (QED) is 0.879. The first-order valence-corrected chi connectivity index (χ1v) is 6.40. The maximum absolute atomic E-state index is 14.6. The number of alkyl halides is 1. The van der Waals surface area contributed by atoms with Gasteiger partial charge in [0.25, 0.3) is 0 Å². The molecule has 2 aromatic rings. The van der Waals surface area contributed by atoms with Gasteiger partial charge in [-0.25, -0.2) is 4.39 Å². The average Bonchev–Trinajstić information content (AvgIpc) is 2.39. The Labute approximate surface area is 107 Å². The minimum Gasteiger partial charge on any atom is -0.328 e. The van der Waals surface area contributed by atoms with E-state index < -0.39 is 5.67 Å². The summed E-state index contributed by atoms with van der Waals surface area (Å²) in [6.07, 6.45) is 3.40. The fourth-order valence-electron chi connectivity index (χ4n) is 2.36. The Balaban J connectivity index is 2.36. The molecule has 0 fully saturated rings. The van der Waals surface area contributed by atoms with Gasteiger partial charge < -0.3 is 5.73 Å². The van der Waals surface area contributed by atoms with E-state index in [-0.39, 0.29) is 6.54 Å². The summed E-state index contributed by atoms with van der Waals surface area (Å²) in [4.78, 5) is 4.29. The van der Waals surface area contributed by atoms with Gasteiger partial charge in [0.15, 0.2) is 0 Å². The molecule has 1 aromatic heterocycles. The van der Waals surface area contributed by atoms with Crippen LogP contribution in [0.1, 0.15) is 25.3 Å². The van der Waals surface area contributed by atoms with Crippen molar-refractivity contribution in [3.8, 4) is 0 Å². The molecular formula is C15H19FN2. The lowest BCUT2D eigenvalue weighted by Gasteiger charge is -2.23. The number of nitrogens with zero attached hydrogens (tertiary/aromatic N) is 1. The molecule has 1 unspecified atom stereocenters. The highest BCUT2D eigenvalue weighted by Gasteiger charge is 2.27. The number of benzene rings is 1. The summed E-state index contributed by atoms with van der Waals surface area (Å²) in [7, 11) is 0. The summed E-state index contributed by atoms with van der Waals surface area (Å²) in [5.41, 5.74) is 6.18. The Hall–Kier alpha value is -1.48. The van der Waals surface area contributed by atoms with E-state index in [1.807, 2.05) is 37.3 Å². The maximum atomic E-state index is 14.6. The van der Waals surface area contributed by atoms with Crippen LogP contribution in [0.25, 0.3) is 10.9 Å². The number of halogens is 1. The number of nitrogens with two attached hydrogens (primary N) is 1. The number of rotatable bonds is 5. The normalized spacial score (nSPS) is 14.6. The Morgan fingerprint density at radius 2 is 2.06 bits per heavy atom. The molecule has 18 heavy (non-hydrogen) atoms. The molecule has 0 radical (unpaired) electrons. The van der Waals surface area contributed by atoms with Crippen LogP contribution in [-0.2, 0) is 6.42 Å². The Kier molecular flexibility index (Phi) is 3.92. The lowest BCUT2D eigenvalue weighted by molar-refractivity contribution is 0.159. The van der Waals surface area contributed by atoms with Crippen molar-refractivity contribution in [1.82, 2.24) is 4.98 Å². The second kappa shape index (κ2) is 5.44. The van der Waals surface area contributed by atoms with Crippen LogP contribution in [0.2, 0.25) is 0 Å². The first-order chi connectivity index (χ1) is 8.68. The van der Waals surface area contributed by atoms with Gasteiger partial charge in [-0.15, -0.1) is 0 Å². The maximum Gasteiger partial charge on any atom is 0.127 e. The lowest BCUT2D eigenvalue weighted by Crippen LogP contribution is -2.35. The van der Waals surface area contributed by atoms with E-state index in [4.69, 9.17) is 5.73 Å². The van der Waals surface area contributed by atoms with E-state index in [1.165, 1.54) is 0 Å². The van der Waals surface area contributed by atoms with Crippen LogP contribution in [0.5, 0.6) is 0 Å². The molecule has 0 amide bonds. The van der Waals surface area contributed by atoms with Crippen LogP contribution < -0.4 is 5.73 Å². The molecule has 0 spiro atoms. The van der Waals surface area contributed by atoms with E-state index >= 15 is 0 Å². The summed E-state index contributed by atoms with van der Waals surface area (Å²) in [6.45, 7) is 2.05. The molecule has 0 aliphatic carbocycles. The van der Waals surface area contributed by atoms with Gasteiger partial charge in [-0.1, -0.05) is 31.5 Å². The third kappa shape index (κ3) is 2.67. The van der Waals surface area contributed by atoms with Gasteiger partial charge in [0.1, 0.15) is 5.67 Å². The number of hydrogen-bond acceptors (Lipinski definition) is 2. The van der Waals surface area contributed by atoms with Gasteiger partial charge in [0.2, 0.25) is 0 Å². The third-order valence-corrected chi connectivity index (χ3v) is 3.31. The van der Waals surface area contributed by atoms with Crippen LogP contribution >= 0.6 is 0 Å². The molecule has 0 saturated carbocycles. The highest BCUT2D eigenvalue weighted by atomic mass is 19.1. The second-order valence-electron chi connectivity index (χ2n) is 4.77. The minimum atomic E-state index is -1.31. The molecule has 96 valence electrons. The summed E-state index contributed by atoms with van der Waals surface area (Å²) >= 11 is 0. The van der Waals surface area contributed by atoms with Crippen molar-refractivity contribution >= 4 is 10.9 Å². The predicted octanol–water partition coefficient (Wildman–Crippen LogP) is 3.24. The summed E-state index contributed by atoms with van der Waals surface area (Å²) in [5, 5.41) is 1.02. The van der Waals surface area contributed by atoms with Crippen molar-refractivity contribution in [3.05, 3.63) is 42.1 Å². The third-order valence-electron chi connectivity index (χ3n) is 3.31. The van der Waals surface area contributed by atoms with Crippen LogP contribution in [-0.4, -0.2) is 17.2 Å². The number of hydrogen-bond donors (Lipinski definition) is 1. The molecule has 1 aromatic carbocycles. The monoisotopic (exact) mass is 246 g/mol. The fourth-order valence-corrected chi connectivity index (χ4v) is 2.36. The van der Waals surface area contributed by atoms with Crippen molar-refractivity contribution in [2.45, 2.75) is 31.9 Å². The number of aromatic nitrogens is 1. The topological polar surface area (TPSA) is 38.9 Å². The average molecular weight is 246 g/mol. The number of pyridine rings is 1. The molecule has 3 heteroatoms. The first-order valence-electron chi connectivity index (χ1n) is 6.40. The SMILES string of the molecule is CCCC(F)(CN)Cc1ccnc2ccccc12. The van der Waals surface area contributed by atoms with Gasteiger partial charge in [-0.3, -0.25) is 4.98 Å². The molecule has 2 N–H and O–H groups in total. The molecular weight excluding hydrogens is 227 g/mol. The van der Waals surface area contributed by atoms with E-state index in [0.29, 0.717) is 12.8 Å². The minimum absolute atomic E-state index is 0.0670. The van der Waals surface area contributed by atoms with Crippen molar-refractivity contribution in [1.29, 1.82) is 0 Å². The molecule has 2 rings (SSSR count). The van der Waals surface area contributed by atoms with E-state index in [2.05, 4.69) is 4.98 Å². The van der Waals surface area contributed by atoms with Crippen molar-refractivity contribution in [3.63, 3.8) is 0 Å². The Morgan fingerprint density at radius 3 is 2.78 bits per heavy atom. The van der Waals surface area contributed by atoms with Crippen LogP contribution in [0.4, 0.5) is 4.39 Å². The smallest absolute Gasteiger partial charge is 0.127 e. The Morgan fingerprint density at radius 1 is 1.28 bits per heavy atom. The highest BCUT2D eigenvalue weighted by Crippen LogP contribution is 2.26. The molecule has 0 saturated heterocycles. The molecule has 0 aliphatic rings. The van der Waals surface area contributed by atoms with Gasteiger partial charge in [0.05, 0.1) is 5.52 Å². The summed E-state index contributed by atoms with van der Waals surface area (Å²) < 4.78 is 14.6. The predicted molar refractivity (Wildman–Crippen MR) is 73.2 cm³/mol. The van der Waals surface area contributed by atoms with Crippen molar-refractivity contribution in [2.75, 3.05) is 6.54 Å². The van der Waals surface area contributed by atoms with Gasteiger partial charge in [0, 0.05) is 24.5 Å². The fraction of sp³-hybridized carbons (Fsp3) is 0.400. The Bertz CT molecular complexity index is 521. The van der Waals surface area contributed by atoms with Gasteiger partial charge in [-0.05, 0) is 24.1 Å². The molecule has 0 bridgehead atoms. The van der Waals surface area contributed by atoms with Crippen molar-refractivity contribution in [2.24, 2.45) is 5.73 Å². The van der Waals surface area contributed by atoms with Crippen LogP contribution in [0, 0.1) is 0 Å². The largest absolute Gasteiger partial charge is 0.328 e. The zero-order valence-corrected chi connectivity index (χ0v) is 10.7. The van der Waals surface area contributed by atoms with Crippen LogP contribution in [0.15, 0.2) is 36.5 Å². The molecule has 1 heterocycles. The second-order valence-corrected chi connectivity index (χ2v) is 4.77. The van der Waals surface area contributed by atoms with E-state index in [0.717, 1.165) is 22.9 Å². The lowest BCUT2D eigenvalue weighted by atomic mass is 9.90. The molecule has 2 nitrogen and oxygen atoms in total. The van der Waals surface area contributed by atoms with E-state index in [1.54, 1.807) is 6.20 Å². The van der Waals surface area contributed by atoms with Gasteiger partial charge in [-0.2, -0.15) is 0 Å².